The molecule has 1 atom stereocenters. The number of nitrogens with zero attached hydrogens (tertiary/aromatic N) is 2. The Bertz CT molecular complexity index is 1280. The van der Waals surface area contributed by atoms with Gasteiger partial charge in [0.25, 0.3) is 0 Å². The normalized spacial score (nSPS) is 16.0. The third-order valence-corrected chi connectivity index (χ3v) is 5.63. The summed E-state index contributed by atoms with van der Waals surface area (Å²) in [5, 5.41) is 4.53. The van der Waals surface area contributed by atoms with E-state index >= 15 is 0 Å². The number of carbonyl (C=O) groups excluding carboxylic acids is 1. The number of fused-ring (bicyclic) bond motifs is 4. The van der Waals surface area contributed by atoms with Crippen LogP contribution in [0, 0.1) is 0 Å². The lowest BCUT2D eigenvalue weighted by Gasteiger charge is -2.31. The summed E-state index contributed by atoms with van der Waals surface area (Å²) in [7, 11) is 0. The Hall–Kier alpha value is -3.54. The molecule has 2 aromatic carbocycles. The minimum absolute atomic E-state index is 0.285. The van der Waals surface area contributed by atoms with Gasteiger partial charge >= 0.3 is 5.97 Å². The number of anilines is 1. The number of allylic oxidation sites excluding steroid dienone is 1. The van der Waals surface area contributed by atoms with Crippen LogP contribution < -0.4 is 5.32 Å². The van der Waals surface area contributed by atoms with Gasteiger partial charge in [-0.1, -0.05) is 43.7 Å². The van der Waals surface area contributed by atoms with Gasteiger partial charge in [-0.15, -0.1) is 0 Å². The first-order chi connectivity index (χ1) is 14.7. The van der Waals surface area contributed by atoms with Crippen LogP contribution in [0.3, 0.4) is 0 Å². The SMILES string of the molecule is CCCC1=C(C(=O)OCC)C(c2c[nH]c3ccccc23)n2c(nc3ccccc32)N1. The molecule has 30 heavy (non-hydrogen) atoms. The van der Waals surface area contributed by atoms with Gasteiger partial charge in [0.15, 0.2) is 0 Å². The molecule has 0 spiro atoms. The summed E-state index contributed by atoms with van der Waals surface area (Å²) < 4.78 is 7.64. The number of aromatic amines is 1. The third-order valence-electron chi connectivity index (χ3n) is 5.63. The Kier molecular flexibility index (Phi) is 4.54. The van der Waals surface area contributed by atoms with Crippen LogP contribution in [-0.2, 0) is 9.53 Å². The van der Waals surface area contributed by atoms with Crippen molar-refractivity contribution >= 4 is 33.9 Å². The number of carbonyl (C=O) groups is 1. The first-order valence-corrected chi connectivity index (χ1v) is 10.4. The molecule has 2 aromatic heterocycles. The Morgan fingerprint density at radius 3 is 2.77 bits per heavy atom. The zero-order chi connectivity index (χ0) is 20.7. The molecule has 2 N–H and O–H groups in total. The standard InChI is InChI=1S/C24H24N4O2/c1-3-9-19-21(23(29)30-4-2)22(16-14-25-17-11-6-5-10-15(16)17)28-20-13-8-7-12-18(20)26-24(28)27-19/h5-8,10-14,22,25H,3-4,9H2,1-2H3,(H,26,27). The monoisotopic (exact) mass is 400 g/mol. The average Bonchev–Trinajstić information content (AvgIpc) is 3.34. The second-order valence-electron chi connectivity index (χ2n) is 7.47. The maximum Gasteiger partial charge on any atom is 0.338 e. The average molecular weight is 400 g/mol. The number of esters is 1. The van der Waals surface area contributed by atoms with E-state index in [0.717, 1.165) is 52.0 Å². The summed E-state index contributed by atoms with van der Waals surface area (Å²) in [4.78, 5) is 21.4. The van der Waals surface area contributed by atoms with Crippen molar-refractivity contribution in [2.45, 2.75) is 32.7 Å². The van der Waals surface area contributed by atoms with Crippen LogP contribution >= 0.6 is 0 Å². The minimum Gasteiger partial charge on any atom is -0.463 e. The Labute approximate surface area is 174 Å². The predicted octanol–water partition coefficient (Wildman–Crippen LogP) is 5.15. The fraction of sp³-hybridized carbons (Fsp3) is 0.250. The van der Waals surface area contributed by atoms with Crippen molar-refractivity contribution in [3.05, 3.63) is 71.6 Å². The van der Waals surface area contributed by atoms with E-state index in [1.165, 1.54) is 0 Å². The van der Waals surface area contributed by atoms with Gasteiger partial charge in [-0.25, -0.2) is 9.78 Å². The fourth-order valence-electron chi connectivity index (χ4n) is 4.40. The number of H-pyrrole nitrogens is 1. The summed E-state index contributed by atoms with van der Waals surface area (Å²) in [6, 6.07) is 15.9. The summed E-state index contributed by atoms with van der Waals surface area (Å²) >= 11 is 0. The fourth-order valence-corrected chi connectivity index (χ4v) is 4.40. The molecule has 3 heterocycles. The van der Waals surface area contributed by atoms with E-state index in [-0.39, 0.29) is 12.0 Å². The number of benzene rings is 2. The van der Waals surface area contributed by atoms with Gasteiger partial charge in [-0.3, -0.25) is 4.57 Å². The minimum atomic E-state index is -0.328. The zero-order valence-electron chi connectivity index (χ0n) is 17.1. The van der Waals surface area contributed by atoms with Gasteiger partial charge < -0.3 is 15.0 Å². The van der Waals surface area contributed by atoms with Crippen LogP contribution in [0.2, 0.25) is 0 Å². The number of aromatic nitrogens is 3. The topological polar surface area (TPSA) is 71.9 Å². The molecule has 152 valence electrons. The maximum atomic E-state index is 13.2. The Morgan fingerprint density at radius 2 is 1.93 bits per heavy atom. The second kappa shape index (κ2) is 7.37. The zero-order valence-corrected chi connectivity index (χ0v) is 17.1. The number of rotatable bonds is 5. The smallest absolute Gasteiger partial charge is 0.338 e. The van der Waals surface area contributed by atoms with Crippen molar-refractivity contribution in [2.24, 2.45) is 0 Å². The molecule has 0 amide bonds. The molecule has 1 aliphatic heterocycles. The van der Waals surface area contributed by atoms with Crippen LogP contribution in [0.15, 0.2) is 66.0 Å². The third kappa shape index (κ3) is 2.79. The van der Waals surface area contributed by atoms with Crippen molar-refractivity contribution in [3.63, 3.8) is 0 Å². The molecule has 0 saturated carbocycles. The second-order valence-corrected chi connectivity index (χ2v) is 7.47. The highest BCUT2D eigenvalue weighted by atomic mass is 16.5. The van der Waals surface area contributed by atoms with Gasteiger partial charge in [0.05, 0.1) is 29.3 Å². The molecule has 0 radical (unpaired) electrons. The van der Waals surface area contributed by atoms with Crippen molar-refractivity contribution in [2.75, 3.05) is 11.9 Å². The lowest BCUT2D eigenvalue weighted by molar-refractivity contribution is -0.139. The Balaban J connectivity index is 1.83. The van der Waals surface area contributed by atoms with Crippen LogP contribution in [0.4, 0.5) is 5.95 Å². The van der Waals surface area contributed by atoms with Crippen molar-refractivity contribution in [1.29, 1.82) is 0 Å². The van der Waals surface area contributed by atoms with Crippen LogP contribution in [0.1, 0.15) is 38.3 Å². The van der Waals surface area contributed by atoms with Crippen molar-refractivity contribution < 1.29 is 9.53 Å². The first-order valence-electron chi connectivity index (χ1n) is 10.4. The number of imidazole rings is 1. The van der Waals surface area contributed by atoms with Crippen LogP contribution in [0.5, 0.6) is 0 Å². The molecular weight excluding hydrogens is 376 g/mol. The van der Waals surface area contributed by atoms with E-state index in [1.54, 1.807) is 0 Å². The number of ether oxygens (including phenoxy) is 1. The highest BCUT2D eigenvalue weighted by Crippen LogP contribution is 2.42. The van der Waals surface area contributed by atoms with Crippen LogP contribution in [0.25, 0.3) is 21.9 Å². The summed E-state index contributed by atoms with van der Waals surface area (Å²) in [5.41, 5.74) is 5.48. The van der Waals surface area contributed by atoms with Gasteiger partial charge in [0, 0.05) is 28.4 Å². The van der Waals surface area contributed by atoms with E-state index in [2.05, 4.69) is 27.9 Å². The molecule has 0 saturated heterocycles. The molecule has 1 aliphatic rings. The molecule has 6 nitrogen and oxygen atoms in total. The van der Waals surface area contributed by atoms with Gasteiger partial charge in [0.2, 0.25) is 5.95 Å². The first kappa shape index (κ1) is 18.5. The van der Waals surface area contributed by atoms with Crippen molar-refractivity contribution in [1.82, 2.24) is 14.5 Å². The number of hydrogen-bond donors (Lipinski definition) is 2. The van der Waals surface area contributed by atoms with Gasteiger partial charge in [-0.2, -0.15) is 0 Å². The predicted molar refractivity (Wildman–Crippen MR) is 118 cm³/mol. The van der Waals surface area contributed by atoms with Crippen LogP contribution in [-0.4, -0.2) is 27.1 Å². The molecule has 0 bridgehead atoms. The largest absolute Gasteiger partial charge is 0.463 e. The molecule has 5 rings (SSSR count). The molecule has 1 unspecified atom stereocenters. The van der Waals surface area contributed by atoms with E-state index < -0.39 is 0 Å². The number of nitrogens with one attached hydrogen (secondary N) is 2. The molecule has 6 heteroatoms. The summed E-state index contributed by atoms with van der Waals surface area (Å²) in [6.07, 6.45) is 3.66. The van der Waals surface area contributed by atoms with Gasteiger partial charge in [0.1, 0.15) is 0 Å². The quantitative estimate of drug-likeness (QED) is 0.455. The van der Waals surface area contributed by atoms with E-state index in [1.807, 2.05) is 55.6 Å². The summed E-state index contributed by atoms with van der Waals surface area (Å²) in [5.74, 6) is 0.468. The number of para-hydroxylation sites is 3. The maximum absolute atomic E-state index is 13.2. The number of hydrogen-bond acceptors (Lipinski definition) is 4. The lowest BCUT2D eigenvalue weighted by Crippen LogP contribution is -2.29. The Morgan fingerprint density at radius 1 is 1.13 bits per heavy atom. The van der Waals surface area contributed by atoms with Gasteiger partial charge in [-0.05, 0) is 31.5 Å². The highest BCUT2D eigenvalue weighted by Gasteiger charge is 2.37. The van der Waals surface area contributed by atoms with E-state index in [9.17, 15) is 4.79 Å². The lowest BCUT2D eigenvalue weighted by atomic mass is 9.93. The molecule has 4 aromatic rings. The molecule has 0 fully saturated rings. The molecular formula is C24H24N4O2. The highest BCUT2D eigenvalue weighted by molar-refractivity contribution is 5.96. The molecule has 0 aliphatic carbocycles. The van der Waals surface area contributed by atoms with Crippen molar-refractivity contribution in [3.8, 4) is 0 Å². The summed E-state index contributed by atoms with van der Waals surface area (Å²) in [6.45, 7) is 4.28. The van der Waals surface area contributed by atoms with E-state index in [4.69, 9.17) is 9.72 Å². The van der Waals surface area contributed by atoms with E-state index in [0.29, 0.717) is 12.2 Å².